The lowest BCUT2D eigenvalue weighted by Crippen LogP contribution is -2.35. The summed E-state index contributed by atoms with van der Waals surface area (Å²) in [5.41, 5.74) is 0.0550. The lowest BCUT2D eigenvalue weighted by Gasteiger charge is -2.22. The summed E-state index contributed by atoms with van der Waals surface area (Å²) < 4.78 is 5.42. The predicted molar refractivity (Wildman–Crippen MR) is 137 cm³/mol. The maximum absolute atomic E-state index is 12.5. The Labute approximate surface area is 208 Å². The molecule has 0 aromatic heterocycles. The second-order valence-corrected chi connectivity index (χ2v) is 9.92. The summed E-state index contributed by atoms with van der Waals surface area (Å²) >= 11 is 0. The Balaban J connectivity index is 2.72. The minimum absolute atomic E-state index is 0.00727. The number of allylic oxidation sites excluding steroid dienone is 3. The summed E-state index contributed by atoms with van der Waals surface area (Å²) in [5.74, 6) is 0.109. The number of ketones is 2. The minimum atomic E-state index is -1.70. The molecule has 1 aromatic carbocycles. The van der Waals surface area contributed by atoms with Crippen molar-refractivity contribution in [1.29, 1.82) is 0 Å². The lowest BCUT2D eigenvalue weighted by molar-refractivity contribution is -0.131. The average Bonchev–Trinajstić information content (AvgIpc) is 2.73. The van der Waals surface area contributed by atoms with Crippen molar-refractivity contribution >= 4 is 11.6 Å². The van der Waals surface area contributed by atoms with Crippen LogP contribution < -0.4 is 4.74 Å². The van der Waals surface area contributed by atoms with Gasteiger partial charge in [-0.25, -0.2) is 0 Å². The molecule has 1 rings (SSSR count). The first-order valence-corrected chi connectivity index (χ1v) is 11.7. The van der Waals surface area contributed by atoms with E-state index < -0.39 is 23.1 Å². The van der Waals surface area contributed by atoms with Gasteiger partial charge in [0.25, 0.3) is 0 Å². The van der Waals surface area contributed by atoms with Crippen molar-refractivity contribution in [3.8, 4) is 11.5 Å². The van der Waals surface area contributed by atoms with Gasteiger partial charge in [-0.15, -0.1) is 0 Å². The van der Waals surface area contributed by atoms with E-state index in [-0.39, 0.29) is 30.8 Å². The van der Waals surface area contributed by atoms with Crippen LogP contribution >= 0.6 is 0 Å². The molecule has 0 aliphatic heterocycles. The number of methoxy groups -OCH3 is 1. The molecule has 35 heavy (non-hydrogen) atoms. The zero-order valence-corrected chi connectivity index (χ0v) is 21.9. The van der Waals surface area contributed by atoms with Crippen molar-refractivity contribution in [2.75, 3.05) is 7.11 Å². The van der Waals surface area contributed by atoms with Crippen LogP contribution in [0, 0.1) is 6.92 Å². The van der Waals surface area contributed by atoms with Crippen LogP contribution in [0.3, 0.4) is 0 Å². The van der Waals surface area contributed by atoms with Gasteiger partial charge in [0.1, 0.15) is 17.1 Å². The molecule has 0 saturated heterocycles. The first kappa shape index (κ1) is 30.3. The molecule has 0 heterocycles. The number of aliphatic hydroxyl groups is 3. The third-order valence-electron chi connectivity index (χ3n) is 5.66. The Morgan fingerprint density at radius 3 is 2.34 bits per heavy atom. The number of benzene rings is 1. The quantitative estimate of drug-likeness (QED) is 0.245. The van der Waals surface area contributed by atoms with Crippen LogP contribution in [-0.4, -0.2) is 56.4 Å². The highest BCUT2D eigenvalue weighted by Crippen LogP contribution is 2.29. The zero-order chi connectivity index (χ0) is 27.0. The maximum Gasteiger partial charge on any atom is 0.186 e. The van der Waals surface area contributed by atoms with E-state index in [0.717, 1.165) is 22.8 Å². The second kappa shape index (κ2) is 12.8. The molecule has 194 valence electrons. The van der Waals surface area contributed by atoms with E-state index in [9.17, 15) is 30.0 Å². The van der Waals surface area contributed by atoms with E-state index >= 15 is 0 Å². The zero-order valence-electron chi connectivity index (χ0n) is 21.9. The molecule has 0 amide bonds. The van der Waals surface area contributed by atoms with E-state index in [1.54, 1.807) is 26.2 Å². The van der Waals surface area contributed by atoms with Gasteiger partial charge >= 0.3 is 0 Å². The standard InChI is InChI=1S/C28H40O7/c1-18(8-9-21-17-23(30)16-20(3)26(21)35-7)14-22(29)15-19(2)24(31)10-13-28(6,34)25(32)11-12-27(4,5)33/h8,11-12,15-17,24,30-31,33-34H,9-10,13-14H2,1-7H3. The number of hydrogen-bond donors (Lipinski definition) is 4. The normalized spacial score (nSPS) is 15.7. The van der Waals surface area contributed by atoms with Gasteiger partial charge in [-0.1, -0.05) is 17.7 Å². The van der Waals surface area contributed by atoms with Crippen LogP contribution in [-0.2, 0) is 16.0 Å². The van der Waals surface area contributed by atoms with Crippen molar-refractivity contribution in [2.45, 2.75) is 84.5 Å². The number of phenols is 1. The Morgan fingerprint density at radius 2 is 1.77 bits per heavy atom. The van der Waals surface area contributed by atoms with Crippen LogP contribution in [0.4, 0.5) is 0 Å². The maximum atomic E-state index is 12.5. The fourth-order valence-corrected chi connectivity index (χ4v) is 3.53. The third-order valence-corrected chi connectivity index (χ3v) is 5.66. The number of ether oxygens (including phenoxy) is 1. The number of rotatable bonds is 13. The number of aryl methyl sites for hydroxylation is 1. The Bertz CT molecular complexity index is 991. The van der Waals surface area contributed by atoms with Crippen molar-refractivity contribution in [3.63, 3.8) is 0 Å². The van der Waals surface area contributed by atoms with E-state index in [4.69, 9.17) is 4.74 Å². The summed E-state index contributed by atoms with van der Waals surface area (Å²) in [5, 5.41) is 40.4. The molecule has 1 aromatic rings. The van der Waals surface area contributed by atoms with E-state index in [2.05, 4.69) is 0 Å². The Morgan fingerprint density at radius 1 is 1.14 bits per heavy atom. The van der Waals surface area contributed by atoms with Crippen molar-refractivity contribution in [3.05, 3.63) is 58.7 Å². The van der Waals surface area contributed by atoms with Crippen LogP contribution in [0.5, 0.6) is 11.5 Å². The molecule has 7 heteroatoms. The first-order valence-electron chi connectivity index (χ1n) is 11.7. The monoisotopic (exact) mass is 488 g/mol. The van der Waals surface area contributed by atoms with Crippen LogP contribution in [0.2, 0.25) is 0 Å². The summed E-state index contributed by atoms with van der Waals surface area (Å²) in [7, 11) is 1.57. The highest BCUT2D eigenvalue weighted by molar-refractivity contribution is 5.96. The molecule has 0 saturated carbocycles. The van der Waals surface area contributed by atoms with E-state index in [1.807, 2.05) is 19.9 Å². The molecule has 0 aliphatic rings. The lowest BCUT2D eigenvalue weighted by atomic mass is 9.90. The molecule has 0 aliphatic carbocycles. The molecule has 4 N–H and O–H groups in total. The molecule has 2 unspecified atom stereocenters. The molecule has 0 radical (unpaired) electrons. The molecular formula is C28H40O7. The number of aromatic hydroxyl groups is 1. The number of carbonyl (C=O) groups is 2. The van der Waals surface area contributed by atoms with Crippen molar-refractivity contribution in [1.82, 2.24) is 0 Å². The van der Waals surface area contributed by atoms with E-state index in [1.165, 1.54) is 32.9 Å². The van der Waals surface area contributed by atoms with Gasteiger partial charge < -0.3 is 25.2 Å². The van der Waals surface area contributed by atoms with Crippen molar-refractivity contribution < 1.29 is 34.8 Å². The Hall–Kier alpha value is -2.74. The topological polar surface area (TPSA) is 124 Å². The molecule has 0 spiro atoms. The molecule has 0 bridgehead atoms. The van der Waals surface area contributed by atoms with Crippen LogP contribution in [0.1, 0.15) is 65.0 Å². The molecule has 2 atom stereocenters. The first-order chi connectivity index (χ1) is 16.1. The fraction of sp³-hybridized carbons (Fsp3) is 0.500. The number of hydrogen-bond acceptors (Lipinski definition) is 7. The summed E-state index contributed by atoms with van der Waals surface area (Å²) in [4.78, 5) is 24.7. The SMILES string of the molecule is COc1c(C)cc(O)cc1CC=C(C)CC(=O)C=C(C)C(O)CCC(C)(O)C(=O)C=CC(C)(C)O. The summed E-state index contributed by atoms with van der Waals surface area (Å²) in [6, 6.07) is 3.26. The van der Waals surface area contributed by atoms with Gasteiger partial charge in [-0.2, -0.15) is 0 Å². The second-order valence-electron chi connectivity index (χ2n) is 9.92. The average molecular weight is 489 g/mol. The van der Waals surface area contributed by atoms with Gasteiger partial charge in [0.05, 0.1) is 18.8 Å². The van der Waals surface area contributed by atoms with Gasteiger partial charge in [0.2, 0.25) is 0 Å². The Kier molecular flexibility index (Phi) is 11.1. The molecular weight excluding hydrogens is 448 g/mol. The summed E-state index contributed by atoms with van der Waals surface area (Å²) in [6.07, 6.45) is 5.49. The predicted octanol–water partition coefficient (Wildman–Crippen LogP) is 3.89. The number of carbonyl (C=O) groups excluding carboxylic acids is 2. The van der Waals surface area contributed by atoms with Gasteiger partial charge in [0.15, 0.2) is 11.6 Å². The largest absolute Gasteiger partial charge is 0.508 e. The van der Waals surface area contributed by atoms with E-state index in [0.29, 0.717) is 17.7 Å². The third kappa shape index (κ3) is 10.6. The smallest absolute Gasteiger partial charge is 0.186 e. The van der Waals surface area contributed by atoms with Gasteiger partial charge in [0, 0.05) is 12.0 Å². The molecule has 7 nitrogen and oxygen atoms in total. The number of aliphatic hydroxyl groups excluding tert-OH is 1. The van der Waals surface area contributed by atoms with Crippen LogP contribution in [0.15, 0.2) is 47.6 Å². The highest BCUT2D eigenvalue weighted by atomic mass is 16.5. The molecule has 0 fully saturated rings. The highest BCUT2D eigenvalue weighted by Gasteiger charge is 2.29. The summed E-state index contributed by atoms with van der Waals surface area (Å²) in [6.45, 7) is 9.71. The minimum Gasteiger partial charge on any atom is -0.508 e. The van der Waals surface area contributed by atoms with Crippen molar-refractivity contribution in [2.24, 2.45) is 0 Å². The van der Waals surface area contributed by atoms with Crippen LogP contribution in [0.25, 0.3) is 0 Å². The number of phenolic OH excluding ortho intramolecular Hbond substituents is 1. The van der Waals surface area contributed by atoms with Gasteiger partial charge in [-0.3, -0.25) is 9.59 Å². The van der Waals surface area contributed by atoms with Gasteiger partial charge in [-0.05, 0) is 96.2 Å². The fourth-order valence-electron chi connectivity index (χ4n) is 3.53.